The van der Waals surface area contributed by atoms with E-state index in [9.17, 15) is 9.59 Å². The first-order chi connectivity index (χ1) is 14.4. The Morgan fingerprint density at radius 2 is 2.07 bits per heavy atom. The molecule has 0 aliphatic heterocycles. The van der Waals surface area contributed by atoms with Gasteiger partial charge in [0.15, 0.2) is 11.0 Å². The molecule has 30 heavy (non-hydrogen) atoms. The summed E-state index contributed by atoms with van der Waals surface area (Å²) in [6, 6.07) is 1.84. The van der Waals surface area contributed by atoms with Crippen molar-refractivity contribution in [3.8, 4) is 11.4 Å². The van der Waals surface area contributed by atoms with Crippen LogP contribution in [0.15, 0.2) is 21.9 Å². The summed E-state index contributed by atoms with van der Waals surface area (Å²) < 4.78 is 12.3. The number of nitrogens with zero attached hydrogens (tertiary/aromatic N) is 3. The molecule has 0 fully saturated rings. The maximum atomic E-state index is 12.6. The first-order valence-corrected chi connectivity index (χ1v) is 11.3. The molecule has 0 saturated heterocycles. The van der Waals surface area contributed by atoms with E-state index in [4.69, 9.17) is 9.15 Å². The number of hydrogen-bond acceptors (Lipinski definition) is 8. The third-order valence-electron chi connectivity index (χ3n) is 4.57. The first kappa shape index (κ1) is 22.1. The third-order valence-corrected chi connectivity index (χ3v) is 6.94. The number of nitrogens with one attached hydrogen (secondary N) is 1. The lowest BCUT2D eigenvalue weighted by molar-refractivity contribution is -0.113. The second-order valence-electron chi connectivity index (χ2n) is 6.52. The number of rotatable bonds is 8. The SMILES string of the molecule is CCOC(=O)c1c(NC(=O)CSc2nnc(-c3ccoc3C)n2C)sc(CC)c1C. The van der Waals surface area contributed by atoms with E-state index in [1.54, 1.807) is 13.2 Å². The lowest BCUT2D eigenvalue weighted by Crippen LogP contribution is -2.16. The van der Waals surface area contributed by atoms with E-state index in [1.807, 2.05) is 38.5 Å². The van der Waals surface area contributed by atoms with Crippen LogP contribution in [0.4, 0.5) is 5.00 Å². The van der Waals surface area contributed by atoms with Gasteiger partial charge in [-0.1, -0.05) is 18.7 Å². The van der Waals surface area contributed by atoms with Crippen molar-refractivity contribution in [2.75, 3.05) is 17.7 Å². The van der Waals surface area contributed by atoms with Crippen LogP contribution in [0.5, 0.6) is 0 Å². The minimum atomic E-state index is -0.415. The van der Waals surface area contributed by atoms with Crippen LogP contribution >= 0.6 is 23.1 Å². The molecule has 3 aromatic heterocycles. The van der Waals surface area contributed by atoms with Crippen LogP contribution in [-0.4, -0.2) is 39.0 Å². The van der Waals surface area contributed by atoms with Crippen LogP contribution in [0.25, 0.3) is 11.4 Å². The Hall–Kier alpha value is -2.59. The van der Waals surface area contributed by atoms with E-state index in [0.717, 1.165) is 28.2 Å². The van der Waals surface area contributed by atoms with Crippen molar-refractivity contribution in [1.29, 1.82) is 0 Å². The number of hydrogen-bond donors (Lipinski definition) is 1. The van der Waals surface area contributed by atoms with Crippen LogP contribution < -0.4 is 5.32 Å². The molecule has 0 spiro atoms. The molecule has 0 bridgehead atoms. The Morgan fingerprint density at radius 3 is 2.70 bits per heavy atom. The monoisotopic (exact) mass is 448 g/mol. The van der Waals surface area contributed by atoms with Crippen molar-refractivity contribution in [2.45, 2.75) is 39.3 Å². The van der Waals surface area contributed by atoms with E-state index in [1.165, 1.54) is 23.1 Å². The molecular weight excluding hydrogens is 424 g/mol. The van der Waals surface area contributed by atoms with Gasteiger partial charge in [-0.3, -0.25) is 4.79 Å². The number of aromatic nitrogens is 3. The first-order valence-electron chi connectivity index (χ1n) is 9.53. The predicted molar refractivity (Wildman–Crippen MR) is 117 cm³/mol. The summed E-state index contributed by atoms with van der Waals surface area (Å²) in [4.78, 5) is 26.0. The van der Waals surface area contributed by atoms with Crippen LogP contribution in [-0.2, 0) is 23.0 Å². The molecular formula is C20H24N4O4S2. The third kappa shape index (κ3) is 4.44. The molecule has 0 atom stereocenters. The van der Waals surface area contributed by atoms with Gasteiger partial charge >= 0.3 is 5.97 Å². The maximum Gasteiger partial charge on any atom is 0.341 e. The maximum absolute atomic E-state index is 12.6. The largest absolute Gasteiger partial charge is 0.469 e. The molecule has 0 aliphatic carbocycles. The van der Waals surface area contributed by atoms with E-state index in [2.05, 4.69) is 15.5 Å². The summed E-state index contributed by atoms with van der Waals surface area (Å²) in [5.41, 5.74) is 2.16. The van der Waals surface area contributed by atoms with Gasteiger partial charge in [-0.2, -0.15) is 0 Å². The number of ether oxygens (including phenoxy) is 1. The molecule has 0 unspecified atom stereocenters. The number of amides is 1. The summed E-state index contributed by atoms with van der Waals surface area (Å²) >= 11 is 2.69. The molecule has 0 aliphatic rings. The van der Waals surface area contributed by atoms with Gasteiger partial charge in [0.05, 0.1) is 29.7 Å². The molecule has 3 heterocycles. The lowest BCUT2D eigenvalue weighted by atomic mass is 10.1. The van der Waals surface area contributed by atoms with Gasteiger partial charge in [0.1, 0.15) is 10.8 Å². The molecule has 3 rings (SSSR count). The Bertz CT molecular complexity index is 1070. The van der Waals surface area contributed by atoms with Gasteiger partial charge in [0.2, 0.25) is 5.91 Å². The van der Waals surface area contributed by atoms with Crippen molar-refractivity contribution in [3.05, 3.63) is 34.1 Å². The van der Waals surface area contributed by atoms with E-state index in [-0.39, 0.29) is 18.3 Å². The van der Waals surface area contributed by atoms with Crippen molar-refractivity contribution >= 4 is 40.0 Å². The molecule has 0 aromatic carbocycles. The van der Waals surface area contributed by atoms with E-state index in [0.29, 0.717) is 21.5 Å². The predicted octanol–water partition coefficient (Wildman–Crippen LogP) is 4.22. The Kier molecular flexibility index (Phi) is 6.99. The average Bonchev–Trinajstić information content (AvgIpc) is 3.37. The van der Waals surface area contributed by atoms with Crippen molar-refractivity contribution in [3.63, 3.8) is 0 Å². The highest BCUT2D eigenvalue weighted by Gasteiger charge is 2.23. The summed E-state index contributed by atoms with van der Waals surface area (Å²) in [5.74, 6) is 0.930. The smallest absolute Gasteiger partial charge is 0.341 e. The number of furan rings is 1. The van der Waals surface area contributed by atoms with Crippen LogP contribution in [0, 0.1) is 13.8 Å². The second-order valence-corrected chi connectivity index (χ2v) is 8.57. The minimum Gasteiger partial charge on any atom is -0.469 e. The zero-order chi connectivity index (χ0) is 21.8. The van der Waals surface area contributed by atoms with Gasteiger partial charge in [0.25, 0.3) is 0 Å². The highest BCUT2D eigenvalue weighted by atomic mass is 32.2. The fourth-order valence-electron chi connectivity index (χ4n) is 3.02. The number of esters is 1. The minimum absolute atomic E-state index is 0.136. The van der Waals surface area contributed by atoms with Crippen molar-refractivity contribution in [1.82, 2.24) is 14.8 Å². The number of aryl methyl sites for hydroxylation is 2. The Morgan fingerprint density at radius 1 is 1.30 bits per heavy atom. The van der Waals surface area contributed by atoms with E-state index < -0.39 is 5.97 Å². The second kappa shape index (κ2) is 9.48. The zero-order valence-corrected chi connectivity index (χ0v) is 19.2. The van der Waals surface area contributed by atoms with Gasteiger partial charge in [-0.05, 0) is 38.8 Å². The standard InChI is InChI=1S/C20H24N4O4S2/c1-6-14-11(3)16(19(26)27-7-2)18(30-14)21-15(25)10-29-20-23-22-17(24(20)5)13-8-9-28-12(13)4/h8-9H,6-7,10H2,1-5H3,(H,21,25). The van der Waals surface area contributed by atoms with Gasteiger partial charge in [-0.25, -0.2) is 4.79 Å². The normalized spacial score (nSPS) is 11.0. The zero-order valence-electron chi connectivity index (χ0n) is 17.6. The number of carbonyl (C=O) groups is 2. The molecule has 1 N–H and O–H groups in total. The van der Waals surface area contributed by atoms with Crippen molar-refractivity contribution in [2.24, 2.45) is 7.05 Å². The fourth-order valence-corrected chi connectivity index (χ4v) is 4.88. The number of carbonyl (C=O) groups excluding carboxylic acids is 2. The summed E-state index contributed by atoms with van der Waals surface area (Å²) in [7, 11) is 1.84. The van der Waals surface area contributed by atoms with Gasteiger partial charge in [0, 0.05) is 11.9 Å². The molecule has 0 saturated carbocycles. The van der Waals surface area contributed by atoms with Crippen molar-refractivity contribution < 1.29 is 18.7 Å². The molecule has 10 heteroatoms. The van der Waals surface area contributed by atoms with Gasteiger partial charge in [-0.15, -0.1) is 21.5 Å². The molecule has 0 radical (unpaired) electrons. The highest BCUT2D eigenvalue weighted by Crippen LogP contribution is 2.34. The molecule has 1 amide bonds. The quantitative estimate of drug-likeness (QED) is 0.407. The summed E-state index contributed by atoms with van der Waals surface area (Å²) in [6.45, 7) is 7.80. The molecule has 160 valence electrons. The van der Waals surface area contributed by atoms with E-state index >= 15 is 0 Å². The highest BCUT2D eigenvalue weighted by molar-refractivity contribution is 7.99. The fraction of sp³-hybridized carbons (Fsp3) is 0.400. The van der Waals surface area contributed by atoms with Gasteiger partial charge < -0.3 is 19.0 Å². The average molecular weight is 449 g/mol. The van der Waals surface area contributed by atoms with Crippen LogP contribution in [0.2, 0.25) is 0 Å². The topological polar surface area (TPSA) is 99.2 Å². The lowest BCUT2D eigenvalue weighted by Gasteiger charge is -2.07. The molecule has 3 aromatic rings. The van der Waals surface area contributed by atoms with Crippen LogP contribution in [0.3, 0.4) is 0 Å². The van der Waals surface area contributed by atoms with Crippen LogP contribution in [0.1, 0.15) is 40.4 Å². The summed E-state index contributed by atoms with van der Waals surface area (Å²) in [5, 5.41) is 12.4. The number of thioether (sulfide) groups is 1. The number of thiophene rings is 1. The Labute approximate surface area is 183 Å². The molecule has 8 nitrogen and oxygen atoms in total. The summed E-state index contributed by atoms with van der Waals surface area (Å²) in [6.07, 6.45) is 2.39. The number of anilines is 1. The Balaban J connectivity index is 1.71.